The van der Waals surface area contributed by atoms with Crippen LogP contribution >= 0.6 is 0 Å². The van der Waals surface area contributed by atoms with Crippen molar-refractivity contribution in [1.82, 2.24) is 0 Å². The first-order chi connectivity index (χ1) is 10.2. The molecule has 0 bridgehead atoms. The fourth-order valence-corrected chi connectivity index (χ4v) is 3.07. The molecule has 0 saturated heterocycles. The molecule has 1 aliphatic heterocycles. The van der Waals surface area contributed by atoms with Gasteiger partial charge in [0.1, 0.15) is 0 Å². The minimum atomic E-state index is 0.884. The normalized spacial score (nSPS) is 14.0. The summed E-state index contributed by atoms with van der Waals surface area (Å²) in [7, 11) is 4.16. The van der Waals surface area contributed by atoms with E-state index in [-0.39, 0.29) is 0 Å². The lowest BCUT2D eigenvalue weighted by Gasteiger charge is -2.22. The third-order valence-electron chi connectivity index (χ3n) is 4.11. The first kappa shape index (κ1) is 12.2. The smallest absolute Gasteiger partial charge is 0.169 e. The van der Waals surface area contributed by atoms with Crippen LogP contribution in [0.2, 0.25) is 0 Å². The van der Waals surface area contributed by atoms with Crippen molar-refractivity contribution in [3.63, 3.8) is 0 Å². The SMILES string of the molecule is CN(C)c1cccc2c1C=c1ccc3c(c1C2)ON=CC=3. The van der Waals surface area contributed by atoms with Crippen molar-refractivity contribution in [2.75, 3.05) is 19.0 Å². The number of benzene rings is 2. The second-order valence-corrected chi connectivity index (χ2v) is 5.63. The first-order valence-electron chi connectivity index (χ1n) is 7.07. The number of oxime groups is 1. The fraction of sp³-hybridized carbons (Fsp3) is 0.167. The Kier molecular flexibility index (Phi) is 2.61. The average molecular weight is 276 g/mol. The van der Waals surface area contributed by atoms with Crippen molar-refractivity contribution >= 4 is 24.1 Å². The zero-order chi connectivity index (χ0) is 14.4. The van der Waals surface area contributed by atoms with E-state index in [0.29, 0.717) is 0 Å². The number of rotatable bonds is 1. The van der Waals surface area contributed by atoms with Crippen LogP contribution in [0.15, 0.2) is 35.5 Å². The van der Waals surface area contributed by atoms with Gasteiger partial charge in [0.25, 0.3) is 0 Å². The Labute approximate surface area is 123 Å². The highest BCUT2D eigenvalue weighted by molar-refractivity contribution is 5.92. The zero-order valence-electron chi connectivity index (χ0n) is 12.1. The van der Waals surface area contributed by atoms with E-state index in [4.69, 9.17) is 4.84 Å². The van der Waals surface area contributed by atoms with Gasteiger partial charge in [-0.05, 0) is 29.0 Å². The van der Waals surface area contributed by atoms with Gasteiger partial charge in [-0.1, -0.05) is 29.4 Å². The standard InChI is InChI=1S/C18H16N2O/c1-20(2)17-5-3-4-13-11-16-14(10-15(13)17)7-6-12-8-9-19-21-18(12)16/h3-10H,11H2,1-2H3. The Hall–Kier alpha value is -2.55. The lowest BCUT2D eigenvalue weighted by atomic mass is 9.90. The highest BCUT2D eigenvalue weighted by Gasteiger charge is 2.18. The maximum atomic E-state index is 5.52. The van der Waals surface area contributed by atoms with Gasteiger partial charge in [-0.3, -0.25) is 0 Å². The predicted octanol–water partition coefficient (Wildman–Crippen LogP) is 1.64. The molecule has 21 heavy (non-hydrogen) atoms. The highest BCUT2D eigenvalue weighted by atomic mass is 16.6. The predicted molar refractivity (Wildman–Crippen MR) is 86.4 cm³/mol. The second kappa shape index (κ2) is 4.48. The van der Waals surface area contributed by atoms with E-state index in [1.807, 2.05) is 6.08 Å². The molecule has 0 fully saturated rings. The number of anilines is 1. The summed E-state index contributed by atoms with van der Waals surface area (Å²) in [5, 5.41) is 6.25. The third-order valence-corrected chi connectivity index (χ3v) is 4.11. The van der Waals surface area contributed by atoms with Crippen LogP contribution in [0.5, 0.6) is 5.75 Å². The summed E-state index contributed by atoms with van der Waals surface area (Å²) >= 11 is 0. The Morgan fingerprint density at radius 1 is 1.10 bits per heavy atom. The van der Waals surface area contributed by atoms with E-state index in [2.05, 4.69) is 60.6 Å². The van der Waals surface area contributed by atoms with Gasteiger partial charge in [-0.25, -0.2) is 0 Å². The second-order valence-electron chi connectivity index (χ2n) is 5.63. The van der Waals surface area contributed by atoms with Gasteiger partial charge in [0, 0.05) is 42.5 Å². The number of hydrogen-bond acceptors (Lipinski definition) is 3. The Bertz CT molecular complexity index is 879. The van der Waals surface area contributed by atoms with E-state index < -0.39 is 0 Å². The lowest BCUT2D eigenvalue weighted by Crippen LogP contribution is -2.24. The van der Waals surface area contributed by atoms with Crippen molar-refractivity contribution in [2.45, 2.75) is 6.42 Å². The fourth-order valence-electron chi connectivity index (χ4n) is 3.07. The van der Waals surface area contributed by atoms with Crippen LogP contribution < -0.4 is 20.2 Å². The summed E-state index contributed by atoms with van der Waals surface area (Å²) in [6.07, 6.45) is 6.82. The molecule has 0 saturated carbocycles. The van der Waals surface area contributed by atoms with Crippen molar-refractivity contribution in [3.8, 4) is 5.75 Å². The molecule has 0 atom stereocenters. The topological polar surface area (TPSA) is 24.8 Å². The monoisotopic (exact) mass is 276 g/mol. The molecule has 2 aromatic carbocycles. The van der Waals surface area contributed by atoms with Crippen molar-refractivity contribution in [2.24, 2.45) is 5.16 Å². The number of nitrogens with zero attached hydrogens (tertiary/aromatic N) is 2. The van der Waals surface area contributed by atoms with Crippen LogP contribution in [0.25, 0.3) is 12.2 Å². The van der Waals surface area contributed by atoms with Crippen molar-refractivity contribution in [3.05, 3.63) is 57.5 Å². The van der Waals surface area contributed by atoms with Crippen LogP contribution in [0.4, 0.5) is 5.69 Å². The highest BCUT2D eigenvalue weighted by Crippen LogP contribution is 2.29. The summed E-state index contributed by atoms with van der Waals surface area (Å²) in [6, 6.07) is 10.7. The zero-order valence-corrected chi connectivity index (χ0v) is 12.1. The van der Waals surface area contributed by atoms with E-state index >= 15 is 0 Å². The molecule has 104 valence electrons. The first-order valence-corrected chi connectivity index (χ1v) is 7.07. The molecule has 1 aliphatic carbocycles. The van der Waals surface area contributed by atoms with Crippen LogP contribution in [0.3, 0.4) is 0 Å². The van der Waals surface area contributed by atoms with Crippen LogP contribution in [0.1, 0.15) is 16.7 Å². The molecular formula is C18H16N2O. The van der Waals surface area contributed by atoms with Gasteiger partial charge in [0.05, 0.1) is 6.21 Å². The van der Waals surface area contributed by atoms with Gasteiger partial charge in [-0.2, -0.15) is 0 Å². The number of hydrogen-bond donors (Lipinski definition) is 0. The minimum absolute atomic E-state index is 0.884. The third kappa shape index (κ3) is 1.85. The number of fused-ring (bicyclic) bond motifs is 4. The maximum absolute atomic E-state index is 5.52. The quantitative estimate of drug-likeness (QED) is 0.675. The lowest BCUT2D eigenvalue weighted by molar-refractivity contribution is 0.335. The molecule has 2 aliphatic rings. The molecule has 4 rings (SSSR count). The molecule has 0 spiro atoms. The molecule has 3 heteroatoms. The van der Waals surface area contributed by atoms with Gasteiger partial charge in [0.15, 0.2) is 5.75 Å². The van der Waals surface area contributed by atoms with Crippen LogP contribution in [0, 0.1) is 0 Å². The van der Waals surface area contributed by atoms with E-state index in [9.17, 15) is 0 Å². The van der Waals surface area contributed by atoms with Crippen molar-refractivity contribution < 1.29 is 4.84 Å². The summed E-state index contributed by atoms with van der Waals surface area (Å²) < 4.78 is 0. The van der Waals surface area contributed by atoms with Gasteiger partial charge in [0.2, 0.25) is 0 Å². The minimum Gasteiger partial charge on any atom is -0.377 e. The molecule has 0 unspecified atom stereocenters. The van der Waals surface area contributed by atoms with Gasteiger partial charge >= 0.3 is 0 Å². The molecule has 3 nitrogen and oxygen atoms in total. The average Bonchev–Trinajstić information content (AvgIpc) is 2.52. The molecule has 1 heterocycles. The summed E-state index contributed by atoms with van der Waals surface area (Å²) in [5.74, 6) is 0.896. The summed E-state index contributed by atoms with van der Waals surface area (Å²) in [4.78, 5) is 7.68. The molecule has 0 amide bonds. The van der Waals surface area contributed by atoms with E-state index in [0.717, 1.165) is 17.4 Å². The summed E-state index contributed by atoms with van der Waals surface area (Å²) in [5.41, 5.74) is 5.11. The van der Waals surface area contributed by atoms with Crippen LogP contribution in [-0.2, 0) is 6.42 Å². The van der Waals surface area contributed by atoms with E-state index in [1.165, 1.54) is 27.6 Å². The van der Waals surface area contributed by atoms with E-state index in [1.54, 1.807) is 6.21 Å². The maximum Gasteiger partial charge on any atom is 0.169 e. The Balaban J connectivity index is 2.00. The molecular weight excluding hydrogens is 260 g/mol. The van der Waals surface area contributed by atoms with Crippen LogP contribution in [-0.4, -0.2) is 20.3 Å². The van der Waals surface area contributed by atoms with Gasteiger partial charge < -0.3 is 9.74 Å². The Morgan fingerprint density at radius 2 is 1.95 bits per heavy atom. The van der Waals surface area contributed by atoms with Gasteiger partial charge in [-0.15, -0.1) is 0 Å². The largest absolute Gasteiger partial charge is 0.377 e. The van der Waals surface area contributed by atoms with Crippen molar-refractivity contribution in [1.29, 1.82) is 0 Å². The summed E-state index contributed by atoms with van der Waals surface area (Å²) in [6.45, 7) is 0. The molecule has 2 aromatic rings. The molecule has 0 aromatic heterocycles. The molecule has 0 radical (unpaired) electrons. The molecule has 0 N–H and O–H groups in total. The Morgan fingerprint density at radius 3 is 2.81 bits per heavy atom.